The van der Waals surface area contributed by atoms with Gasteiger partial charge in [-0.25, -0.2) is 0 Å². The van der Waals surface area contributed by atoms with Gasteiger partial charge in [-0.1, -0.05) is 15.9 Å². The number of halogens is 1. The van der Waals surface area contributed by atoms with Crippen LogP contribution in [-0.4, -0.2) is 11.2 Å². The van der Waals surface area contributed by atoms with Gasteiger partial charge in [-0.05, 0) is 48.1 Å². The van der Waals surface area contributed by atoms with Crippen molar-refractivity contribution in [3.05, 3.63) is 10.6 Å². The van der Waals surface area contributed by atoms with E-state index < -0.39 is 0 Å². The summed E-state index contributed by atoms with van der Waals surface area (Å²) in [5.74, 6) is 1.25. The van der Waals surface area contributed by atoms with E-state index in [0.29, 0.717) is 11.8 Å². The largest absolute Gasteiger partial charge is 0.389 e. The molecule has 3 aliphatic carbocycles. The molecule has 0 aromatic rings. The molecule has 1 saturated carbocycles. The molecular formula is C9H13BrO. The van der Waals surface area contributed by atoms with E-state index in [1.807, 2.05) is 6.08 Å². The molecule has 1 nitrogen and oxygen atoms in total. The Morgan fingerprint density at radius 3 is 2.55 bits per heavy atom. The molecule has 2 bridgehead atoms. The molecule has 11 heavy (non-hydrogen) atoms. The Bertz CT molecular complexity index is 180. The van der Waals surface area contributed by atoms with Crippen molar-refractivity contribution in [1.29, 1.82) is 0 Å². The molecule has 3 rings (SSSR count). The first-order chi connectivity index (χ1) is 5.27. The maximum atomic E-state index is 9.64. The van der Waals surface area contributed by atoms with Gasteiger partial charge >= 0.3 is 0 Å². The van der Waals surface area contributed by atoms with Gasteiger partial charge in [-0.3, -0.25) is 0 Å². The minimum atomic E-state index is -0.183. The number of rotatable bonds is 0. The minimum Gasteiger partial charge on any atom is -0.389 e. The van der Waals surface area contributed by atoms with Gasteiger partial charge in [0.15, 0.2) is 0 Å². The van der Waals surface area contributed by atoms with Crippen molar-refractivity contribution < 1.29 is 5.11 Å². The highest BCUT2D eigenvalue weighted by Crippen LogP contribution is 2.41. The van der Waals surface area contributed by atoms with Crippen LogP contribution in [0.1, 0.15) is 25.7 Å². The van der Waals surface area contributed by atoms with Gasteiger partial charge in [0, 0.05) is 0 Å². The lowest BCUT2D eigenvalue weighted by Crippen LogP contribution is -2.19. The van der Waals surface area contributed by atoms with E-state index in [4.69, 9.17) is 0 Å². The van der Waals surface area contributed by atoms with Crippen molar-refractivity contribution in [3.8, 4) is 0 Å². The highest BCUT2D eigenvalue weighted by molar-refractivity contribution is 9.11. The minimum absolute atomic E-state index is 0.183. The Morgan fingerprint density at radius 2 is 1.91 bits per heavy atom. The molecular weight excluding hydrogens is 204 g/mol. The predicted molar refractivity (Wildman–Crippen MR) is 48.5 cm³/mol. The molecule has 62 valence electrons. The summed E-state index contributed by atoms with van der Waals surface area (Å²) in [6, 6.07) is 0. The molecule has 0 spiro atoms. The zero-order valence-corrected chi connectivity index (χ0v) is 8.05. The second kappa shape index (κ2) is 2.91. The van der Waals surface area contributed by atoms with Gasteiger partial charge in [0.1, 0.15) is 0 Å². The molecule has 0 saturated heterocycles. The molecule has 0 amide bonds. The van der Waals surface area contributed by atoms with Crippen molar-refractivity contribution in [2.24, 2.45) is 11.8 Å². The molecule has 1 unspecified atom stereocenters. The highest BCUT2D eigenvalue weighted by Gasteiger charge is 2.30. The number of aliphatic hydroxyl groups excluding tert-OH is 1. The average molecular weight is 217 g/mol. The smallest absolute Gasteiger partial charge is 0.0759 e. The predicted octanol–water partition coefficient (Wildman–Crippen LogP) is 2.45. The second-order valence-corrected chi connectivity index (χ2v) is 4.57. The normalized spacial score (nSPS) is 43.5. The first-order valence-electron chi connectivity index (χ1n) is 4.32. The number of hydrogen-bond acceptors (Lipinski definition) is 1. The van der Waals surface area contributed by atoms with Crippen LogP contribution in [0, 0.1) is 11.8 Å². The second-order valence-electron chi connectivity index (χ2n) is 3.65. The van der Waals surface area contributed by atoms with Crippen LogP contribution >= 0.6 is 15.9 Å². The van der Waals surface area contributed by atoms with Gasteiger partial charge < -0.3 is 5.11 Å². The molecule has 1 N–H and O–H groups in total. The van der Waals surface area contributed by atoms with E-state index in [1.54, 1.807) is 0 Å². The monoisotopic (exact) mass is 216 g/mol. The molecule has 0 aliphatic heterocycles. The first-order valence-corrected chi connectivity index (χ1v) is 5.12. The van der Waals surface area contributed by atoms with Gasteiger partial charge in [0.25, 0.3) is 0 Å². The molecule has 1 atom stereocenters. The van der Waals surface area contributed by atoms with Crippen LogP contribution in [0.3, 0.4) is 0 Å². The van der Waals surface area contributed by atoms with E-state index in [9.17, 15) is 5.11 Å². The lowest BCUT2D eigenvalue weighted by molar-refractivity contribution is 0.126. The van der Waals surface area contributed by atoms with Crippen molar-refractivity contribution in [1.82, 2.24) is 0 Å². The van der Waals surface area contributed by atoms with Crippen LogP contribution in [0.15, 0.2) is 10.6 Å². The van der Waals surface area contributed by atoms with E-state index in [-0.39, 0.29) is 6.10 Å². The summed E-state index contributed by atoms with van der Waals surface area (Å²) in [4.78, 5) is 0. The quantitative estimate of drug-likeness (QED) is 0.660. The molecule has 0 aromatic heterocycles. The van der Waals surface area contributed by atoms with E-state index in [1.165, 1.54) is 30.2 Å². The molecule has 1 fully saturated rings. The lowest BCUT2D eigenvalue weighted by atomic mass is 9.83. The third kappa shape index (κ3) is 1.38. The summed E-state index contributed by atoms with van der Waals surface area (Å²) < 4.78 is 1.24. The average Bonchev–Trinajstić information content (AvgIpc) is 2.22. The van der Waals surface area contributed by atoms with E-state index in [2.05, 4.69) is 15.9 Å². The van der Waals surface area contributed by atoms with Gasteiger partial charge in [0.2, 0.25) is 0 Å². The molecule has 0 heterocycles. The number of allylic oxidation sites excluding steroid dienone is 1. The third-order valence-electron chi connectivity index (χ3n) is 2.97. The van der Waals surface area contributed by atoms with Crippen LogP contribution in [-0.2, 0) is 0 Å². The zero-order valence-electron chi connectivity index (χ0n) is 6.46. The summed E-state index contributed by atoms with van der Waals surface area (Å²) in [7, 11) is 0. The maximum absolute atomic E-state index is 9.64. The third-order valence-corrected chi connectivity index (χ3v) is 3.89. The summed E-state index contributed by atoms with van der Waals surface area (Å²) in [5.41, 5.74) is 0. The highest BCUT2D eigenvalue weighted by atomic mass is 79.9. The van der Waals surface area contributed by atoms with E-state index >= 15 is 0 Å². The zero-order chi connectivity index (χ0) is 7.84. The lowest BCUT2D eigenvalue weighted by Gasteiger charge is -2.25. The van der Waals surface area contributed by atoms with Gasteiger partial charge in [0.05, 0.1) is 6.10 Å². The fraction of sp³-hybridized carbons (Fsp3) is 0.778. The Balaban J connectivity index is 2.24. The summed E-state index contributed by atoms with van der Waals surface area (Å²) in [6.07, 6.45) is 6.75. The summed E-state index contributed by atoms with van der Waals surface area (Å²) >= 11 is 3.53. The van der Waals surface area contributed by atoms with Crippen molar-refractivity contribution in [2.45, 2.75) is 31.8 Å². The van der Waals surface area contributed by atoms with Crippen molar-refractivity contribution in [2.75, 3.05) is 0 Å². The van der Waals surface area contributed by atoms with Crippen LogP contribution in [0.25, 0.3) is 0 Å². The number of aliphatic hydroxyl groups is 1. The summed E-state index contributed by atoms with van der Waals surface area (Å²) in [6.45, 7) is 0. The van der Waals surface area contributed by atoms with Crippen LogP contribution in [0.4, 0.5) is 0 Å². The molecule has 0 radical (unpaired) electrons. The molecule has 0 aromatic carbocycles. The van der Waals surface area contributed by atoms with Crippen LogP contribution in [0.2, 0.25) is 0 Å². The van der Waals surface area contributed by atoms with Crippen LogP contribution in [0.5, 0.6) is 0 Å². The number of hydrogen-bond donors (Lipinski definition) is 1. The Labute approximate surface area is 75.6 Å². The van der Waals surface area contributed by atoms with Gasteiger partial charge in [-0.15, -0.1) is 0 Å². The molecule has 2 heteroatoms. The van der Waals surface area contributed by atoms with Crippen molar-refractivity contribution >= 4 is 15.9 Å². The maximum Gasteiger partial charge on any atom is 0.0759 e. The topological polar surface area (TPSA) is 20.2 Å². The molecule has 3 aliphatic rings. The number of fused-ring (bicyclic) bond motifs is 3. The Morgan fingerprint density at radius 1 is 1.27 bits per heavy atom. The fourth-order valence-electron chi connectivity index (χ4n) is 2.17. The first kappa shape index (κ1) is 7.81. The van der Waals surface area contributed by atoms with Gasteiger partial charge in [-0.2, -0.15) is 0 Å². The van der Waals surface area contributed by atoms with Crippen LogP contribution < -0.4 is 0 Å². The SMILES string of the molecule is OC1C=C(Br)C2CCC1CC2. The Hall–Kier alpha value is 0.180. The Kier molecular flexibility index (Phi) is 2.06. The standard InChI is InChI=1S/C9H13BrO/c10-8-5-9(11)7-3-1-6(8)2-4-7/h5-7,9,11H,1-4H2. The van der Waals surface area contributed by atoms with Crippen molar-refractivity contribution in [3.63, 3.8) is 0 Å². The van der Waals surface area contributed by atoms with E-state index in [0.717, 1.165) is 0 Å². The fourth-order valence-corrected chi connectivity index (χ4v) is 2.90. The summed E-state index contributed by atoms with van der Waals surface area (Å²) in [5, 5.41) is 9.64.